The van der Waals surface area contributed by atoms with E-state index in [-0.39, 0.29) is 82.2 Å². The molecular weight excluding hydrogens is 377 g/mol. The summed E-state index contributed by atoms with van der Waals surface area (Å²) in [5.74, 6) is 0.636. The van der Waals surface area contributed by atoms with Crippen LogP contribution in [0.5, 0.6) is 0 Å². The second kappa shape index (κ2) is 13.6. The standard InChI is InChI=1S/C11H17NO3.C2H7N.CH3.Cs/c13-10(12-7-8-15-11(12)14)6-5-9-3-1-2-4-9;1-3-2;;/h9H,1-8H2;3H,1-2H3;1H3;/q;;-1;+1. The Morgan fingerprint density at radius 1 is 1.35 bits per heavy atom. The van der Waals surface area contributed by atoms with Gasteiger partial charge < -0.3 is 17.5 Å². The number of hydrogen-bond acceptors (Lipinski definition) is 4. The van der Waals surface area contributed by atoms with E-state index in [0.717, 1.165) is 6.42 Å². The molecule has 0 bridgehead atoms. The molecule has 2 amide bonds. The third kappa shape index (κ3) is 8.41. The Kier molecular flexibility index (Phi) is 15.8. The molecular formula is C14H27CsN2O3. The zero-order chi connectivity index (χ0) is 13.4. The molecule has 0 aromatic rings. The average Bonchev–Trinajstić information content (AvgIpc) is 2.98. The molecule has 0 aromatic heterocycles. The first-order valence-corrected chi connectivity index (χ1v) is 6.74. The van der Waals surface area contributed by atoms with E-state index in [1.54, 1.807) is 0 Å². The number of carbonyl (C=O) groups is 2. The van der Waals surface area contributed by atoms with Crippen LogP contribution in [0.1, 0.15) is 38.5 Å². The topological polar surface area (TPSA) is 58.6 Å². The molecule has 0 spiro atoms. The van der Waals surface area contributed by atoms with E-state index in [4.69, 9.17) is 4.74 Å². The molecule has 0 unspecified atom stereocenters. The molecule has 20 heavy (non-hydrogen) atoms. The zero-order valence-corrected chi connectivity index (χ0v) is 19.7. The van der Waals surface area contributed by atoms with Crippen molar-refractivity contribution in [1.82, 2.24) is 10.2 Å². The summed E-state index contributed by atoms with van der Waals surface area (Å²) in [6, 6.07) is 0. The molecule has 0 atom stereocenters. The molecule has 2 rings (SSSR count). The summed E-state index contributed by atoms with van der Waals surface area (Å²) in [6.07, 6.45) is 6.05. The van der Waals surface area contributed by atoms with Crippen molar-refractivity contribution in [3.05, 3.63) is 7.43 Å². The Labute approximate surface area is 182 Å². The molecule has 1 heterocycles. The molecule has 2 aliphatic rings. The van der Waals surface area contributed by atoms with Crippen molar-refractivity contribution in [3.63, 3.8) is 0 Å². The molecule has 6 heteroatoms. The quantitative estimate of drug-likeness (QED) is 0.628. The average molecular weight is 404 g/mol. The maximum absolute atomic E-state index is 11.6. The summed E-state index contributed by atoms with van der Waals surface area (Å²) in [7, 11) is 3.75. The van der Waals surface area contributed by atoms with E-state index in [0.29, 0.717) is 25.5 Å². The molecule has 0 aromatic carbocycles. The predicted octanol–water partition coefficient (Wildman–Crippen LogP) is -0.775. The van der Waals surface area contributed by atoms with Gasteiger partial charge in [-0.25, -0.2) is 9.69 Å². The van der Waals surface area contributed by atoms with Crippen molar-refractivity contribution >= 4 is 12.0 Å². The first-order valence-electron chi connectivity index (χ1n) is 6.74. The van der Waals surface area contributed by atoms with E-state index in [2.05, 4.69) is 5.32 Å². The fourth-order valence-electron chi connectivity index (χ4n) is 2.38. The molecule has 5 nitrogen and oxygen atoms in total. The van der Waals surface area contributed by atoms with E-state index in [9.17, 15) is 9.59 Å². The van der Waals surface area contributed by atoms with Gasteiger partial charge in [0.2, 0.25) is 5.91 Å². The smallest absolute Gasteiger partial charge is 0.447 e. The molecule has 1 saturated carbocycles. The van der Waals surface area contributed by atoms with Crippen LogP contribution in [-0.2, 0) is 9.53 Å². The van der Waals surface area contributed by atoms with Crippen molar-refractivity contribution < 1.29 is 83.2 Å². The molecule has 1 aliphatic carbocycles. The molecule has 2 fully saturated rings. The van der Waals surface area contributed by atoms with Gasteiger partial charge >= 0.3 is 75.0 Å². The van der Waals surface area contributed by atoms with Gasteiger partial charge in [-0.05, 0) is 26.4 Å². The summed E-state index contributed by atoms with van der Waals surface area (Å²) in [5.41, 5.74) is 0. The Balaban J connectivity index is 0. The number of nitrogens with zero attached hydrogens (tertiary/aromatic N) is 1. The Hall–Kier alpha value is 0.952. The maximum Gasteiger partial charge on any atom is 1.00 e. The van der Waals surface area contributed by atoms with E-state index >= 15 is 0 Å². The summed E-state index contributed by atoms with van der Waals surface area (Å²) in [4.78, 5) is 24.0. The van der Waals surface area contributed by atoms with Gasteiger partial charge in [0.25, 0.3) is 0 Å². The second-order valence-corrected chi connectivity index (χ2v) is 4.85. The number of amides is 2. The molecule has 0 radical (unpaired) electrons. The van der Waals surface area contributed by atoms with Gasteiger partial charge in [0.05, 0.1) is 6.54 Å². The van der Waals surface area contributed by atoms with Crippen molar-refractivity contribution in [2.45, 2.75) is 38.5 Å². The van der Waals surface area contributed by atoms with Crippen LogP contribution in [0.4, 0.5) is 4.79 Å². The van der Waals surface area contributed by atoms with Crippen molar-refractivity contribution in [1.29, 1.82) is 0 Å². The van der Waals surface area contributed by atoms with Gasteiger partial charge in [-0.15, -0.1) is 0 Å². The normalized spacial score (nSPS) is 17.5. The van der Waals surface area contributed by atoms with Crippen LogP contribution in [0.3, 0.4) is 0 Å². The van der Waals surface area contributed by atoms with Gasteiger partial charge in [0.15, 0.2) is 0 Å². The van der Waals surface area contributed by atoms with Crippen LogP contribution in [-0.4, -0.2) is 44.1 Å². The fourth-order valence-corrected chi connectivity index (χ4v) is 2.38. The van der Waals surface area contributed by atoms with Crippen molar-refractivity contribution in [2.24, 2.45) is 5.92 Å². The summed E-state index contributed by atoms with van der Waals surface area (Å²) in [6.45, 7) is 0.788. The minimum Gasteiger partial charge on any atom is -0.447 e. The number of imide groups is 1. The van der Waals surface area contributed by atoms with E-state index < -0.39 is 6.09 Å². The van der Waals surface area contributed by atoms with Crippen LogP contribution in [0.2, 0.25) is 0 Å². The Morgan fingerprint density at radius 3 is 2.35 bits per heavy atom. The number of ether oxygens (including phenoxy) is 1. The van der Waals surface area contributed by atoms with Crippen LogP contribution in [0.25, 0.3) is 0 Å². The molecule has 1 aliphatic heterocycles. The van der Waals surface area contributed by atoms with Gasteiger partial charge in [-0.2, -0.15) is 0 Å². The predicted molar refractivity (Wildman–Crippen MR) is 75.7 cm³/mol. The number of hydrogen-bond donors (Lipinski definition) is 1. The number of carbonyl (C=O) groups excluding carboxylic acids is 2. The van der Waals surface area contributed by atoms with Crippen LogP contribution >= 0.6 is 0 Å². The molecule has 112 valence electrons. The minimum atomic E-state index is -0.466. The first kappa shape index (κ1) is 23.2. The Morgan fingerprint density at radius 2 is 1.90 bits per heavy atom. The molecule has 1 saturated heterocycles. The van der Waals surface area contributed by atoms with Crippen LogP contribution in [0, 0.1) is 13.3 Å². The maximum atomic E-state index is 11.6. The molecule has 1 N–H and O–H groups in total. The fraction of sp³-hybridized carbons (Fsp3) is 0.786. The summed E-state index contributed by atoms with van der Waals surface area (Å²) in [5, 5.41) is 2.75. The van der Waals surface area contributed by atoms with Crippen molar-refractivity contribution in [3.8, 4) is 0 Å². The largest absolute Gasteiger partial charge is 1.00 e. The van der Waals surface area contributed by atoms with E-state index in [1.807, 2.05) is 14.1 Å². The van der Waals surface area contributed by atoms with E-state index in [1.165, 1.54) is 30.6 Å². The second-order valence-electron chi connectivity index (χ2n) is 4.85. The van der Waals surface area contributed by atoms with Crippen LogP contribution < -0.4 is 74.2 Å². The third-order valence-corrected chi connectivity index (χ3v) is 3.30. The number of cyclic esters (lactones) is 1. The first-order chi connectivity index (χ1) is 8.69. The third-order valence-electron chi connectivity index (χ3n) is 3.30. The minimum absolute atomic E-state index is 0. The van der Waals surface area contributed by atoms with Gasteiger partial charge in [0.1, 0.15) is 6.61 Å². The SMILES string of the molecule is CNC.O=C(CCC1CCCC1)N1CCOC1=O.[CH3-].[Cs+]. The van der Waals surface area contributed by atoms with Gasteiger partial charge in [-0.1, -0.05) is 25.7 Å². The number of rotatable bonds is 3. The zero-order valence-electron chi connectivity index (χ0n) is 13.4. The van der Waals surface area contributed by atoms with Gasteiger partial charge in [-0.3, -0.25) is 4.79 Å². The Bertz CT molecular complexity index is 282. The van der Waals surface area contributed by atoms with Crippen molar-refractivity contribution in [2.75, 3.05) is 27.2 Å². The monoisotopic (exact) mass is 404 g/mol. The number of nitrogens with one attached hydrogen (secondary N) is 1. The van der Waals surface area contributed by atoms with Gasteiger partial charge in [0, 0.05) is 6.42 Å². The van der Waals surface area contributed by atoms with Crippen LogP contribution in [0.15, 0.2) is 0 Å². The summed E-state index contributed by atoms with van der Waals surface area (Å²) >= 11 is 0. The summed E-state index contributed by atoms with van der Waals surface area (Å²) < 4.78 is 4.72.